The summed E-state index contributed by atoms with van der Waals surface area (Å²) in [4.78, 5) is 10.7. The van der Waals surface area contributed by atoms with E-state index in [1.54, 1.807) is 0 Å². The molecule has 11 nitrogen and oxygen atoms in total. The van der Waals surface area contributed by atoms with Crippen molar-refractivity contribution in [2.75, 3.05) is 13.2 Å². The molecule has 136 valence electrons. The van der Waals surface area contributed by atoms with Crippen LogP contribution in [0, 0.1) is 0 Å². The molecule has 1 fully saturated rings. The summed E-state index contributed by atoms with van der Waals surface area (Å²) in [5, 5.41) is 57.3. The van der Waals surface area contributed by atoms with Gasteiger partial charge in [-0.05, 0) is 0 Å². The summed E-state index contributed by atoms with van der Waals surface area (Å²) in [6.07, 6.45) is -10.3. The van der Waals surface area contributed by atoms with Gasteiger partial charge in [-0.3, -0.25) is 0 Å². The molecule has 1 rings (SSSR count). The Morgan fingerprint density at radius 3 is 2.30 bits per heavy atom. The summed E-state index contributed by atoms with van der Waals surface area (Å²) in [5.41, 5.74) is 11.0. The minimum absolute atomic E-state index is 0.224. The number of nitrogens with two attached hydrogens (primary N) is 2. The SMILES string of the molecule is N[C@H]1[C@H](O[C@@H]([C@H](O)[C@@H](N)C=O)[C@H](O)CO)O[C@H](CO)[C@H](O)[C@@H]1O. The van der Waals surface area contributed by atoms with Gasteiger partial charge in [0, 0.05) is 0 Å². The Labute approximate surface area is 132 Å². The van der Waals surface area contributed by atoms with Crippen molar-refractivity contribution in [1.29, 1.82) is 0 Å². The maximum Gasteiger partial charge on any atom is 0.176 e. The molecule has 9 atom stereocenters. The third-order valence-electron chi connectivity index (χ3n) is 3.67. The lowest BCUT2D eigenvalue weighted by Crippen LogP contribution is -2.64. The van der Waals surface area contributed by atoms with E-state index in [1.165, 1.54) is 0 Å². The van der Waals surface area contributed by atoms with Gasteiger partial charge in [0.05, 0.1) is 25.3 Å². The number of aldehydes is 1. The maximum absolute atomic E-state index is 10.7. The lowest BCUT2D eigenvalue weighted by atomic mass is 9.97. The van der Waals surface area contributed by atoms with Crippen LogP contribution in [0.3, 0.4) is 0 Å². The van der Waals surface area contributed by atoms with Crippen molar-refractivity contribution in [1.82, 2.24) is 0 Å². The highest BCUT2D eigenvalue weighted by atomic mass is 16.7. The van der Waals surface area contributed by atoms with Crippen molar-refractivity contribution in [2.45, 2.75) is 55.0 Å². The molecule has 10 N–H and O–H groups in total. The molecule has 0 spiro atoms. The summed E-state index contributed by atoms with van der Waals surface area (Å²) >= 11 is 0. The minimum atomic E-state index is -1.69. The second-order valence-corrected chi connectivity index (χ2v) is 5.34. The second-order valence-electron chi connectivity index (χ2n) is 5.34. The summed E-state index contributed by atoms with van der Waals surface area (Å²) in [5.74, 6) is 0. The van der Waals surface area contributed by atoms with Crippen LogP contribution in [0.15, 0.2) is 0 Å². The molecule has 0 aromatic carbocycles. The van der Waals surface area contributed by atoms with Crippen LogP contribution in [0.1, 0.15) is 0 Å². The average molecular weight is 340 g/mol. The predicted molar refractivity (Wildman–Crippen MR) is 73.7 cm³/mol. The van der Waals surface area contributed by atoms with Gasteiger partial charge in [-0.2, -0.15) is 0 Å². The van der Waals surface area contributed by atoms with E-state index < -0.39 is 68.2 Å². The van der Waals surface area contributed by atoms with Crippen molar-refractivity contribution in [3.8, 4) is 0 Å². The first kappa shape index (κ1) is 20.3. The Morgan fingerprint density at radius 1 is 1.22 bits per heavy atom. The van der Waals surface area contributed by atoms with Crippen molar-refractivity contribution in [3.05, 3.63) is 0 Å². The van der Waals surface area contributed by atoms with Gasteiger partial charge in [0.2, 0.25) is 0 Å². The summed E-state index contributed by atoms with van der Waals surface area (Å²) in [6, 6.07) is -2.69. The van der Waals surface area contributed by atoms with Gasteiger partial charge in [0.1, 0.15) is 42.9 Å². The van der Waals surface area contributed by atoms with Crippen LogP contribution in [-0.2, 0) is 14.3 Å². The summed E-state index contributed by atoms with van der Waals surface area (Å²) in [7, 11) is 0. The van der Waals surface area contributed by atoms with Gasteiger partial charge in [0.25, 0.3) is 0 Å². The quantitative estimate of drug-likeness (QED) is 0.195. The van der Waals surface area contributed by atoms with Crippen LogP contribution in [0.25, 0.3) is 0 Å². The molecule has 0 radical (unpaired) electrons. The molecule has 0 aliphatic carbocycles. The Balaban J connectivity index is 2.91. The van der Waals surface area contributed by atoms with Gasteiger partial charge in [-0.15, -0.1) is 0 Å². The standard InChI is InChI=1S/C12H24N2O9/c13-4(1-15)8(19)11(5(18)2-16)23-12-7(14)10(21)9(20)6(3-17)22-12/h1,4-12,16-21H,2-3,13-14H2/t4-,5+,6+,7+,8+,9-,10+,11+,12-/m0/s1. The topological polar surface area (TPSA) is 209 Å². The average Bonchev–Trinajstić information content (AvgIpc) is 2.57. The molecule has 1 aliphatic rings. The highest BCUT2D eigenvalue weighted by molar-refractivity contribution is 5.58. The van der Waals surface area contributed by atoms with Crippen molar-refractivity contribution >= 4 is 6.29 Å². The first-order chi connectivity index (χ1) is 10.8. The highest BCUT2D eigenvalue weighted by Crippen LogP contribution is 2.23. The fourth-order valence-electron chi connectivity index (χ4n) is 2.18. The van der Waals surface area contributed by atoms with Crippen LogP contribution in [0.4, 0.5) is 0 Å². The molecule has 23 heavy (non-hydrogen) atoms. The molecule has 1 aliphatic heterocycles. The van der Waals surface area contributed by atoms with Crippen LogP contribution >= 0.6 is 0 Å². The first-order valence-corrected chi connectivity index (χ1v) is 6.99. The van der Waals surface area contributed by atoms with E-state index in [-0.39, 0.29) is 6.29 Å². The molecule has 0 bridgehead atoms. The van der Waals surface area contributed by atoms with Gasteiger partial charge >= 0.3 is 0 Å². The van der Waals surface area contributed by atoms with Gasteiger partial charge < -0.3 is 56.4 Å². The second kappa shape index (κ2) is 8.94. The van der Waals surface area contributed by atoms with Crippen LogP contribution in [-0.4, -0.2) is 105 Å². The lowest BCUT2D eigenvalue weighted by Gasteiger charge is -2.42. The third kappa shape index (κ3) is 4.64. The Bertz CT molecular complexity index is 372. The van der Waals surface area contributed by atoms with E-state index in [1.807, 2.05) is 0 Å². The summed E-state index contributed by atoms with van der Waals surface area (Å²) < 4.78 is 10.4. The number of rotatable bonds is 8. The highest BCUT2D eigenvalue weighted by Gasteiger charge is 2.45. The van der Waals surface area contributed by atoms with Gasteiger partial charge in [-0.1, -0.05) is 0 Å². The molecule has 0 saturated carbocycles. The zero-order valence-corrected chi connectivity index (χ0v) is 12.3. The number of aliphatic hydroxyl groups excluding tert-OH is 6. The van der Waals surface area contributed by atoms with Crippen LogP contribution < -0.4 is 11.5 Å². The largest absolute Gasteiger partial charge is 0.394 e. The molecule has 1 saturated heterocycles. The molecule has 1 heterocycles. The van der Waals surface area contributed by atoms with Crippen LogP contribution in [0.5, 0.6) is 0 Å². The molecular weight excluding hydrogens is 316 g/mol. The van der Waals surface area contributed by atoms with E-state index in [0.717, 1.165) is 0 Å². The Hall–Kier alpha value is -0.730. The lowest BCUT2D eigenvalue weighted by molar-refractivity contribution is -0.295. The van der Waals surface area contributed by atoms with E-state index in [0.29, 0.717) is 0 Å². The fourth-order valence-corrected chi connectivity index (χ4v) is 2.18. The van der Waals surface area contributed by atoms with Crippen molar-refractivity contribution in [3.63, 3.8) is 0 Å². The fraction of sp³-hybridized carbons (Fsp3) is 0.917. The number of ether oxygens (including phenoxy) is 2. The maximum atomic E-state index is 10.7. The van der Waals surface area contributed by atoms with E-state index in [2.05, 4.69) is 0 Å². The molecule has 0 aromatic heterocycles. The van der Waals surface area contributed by atoms with Gasteiger partial charge in [0.15, 0.2) is 6.29 Å². The van der Waals surface area contributed by atoms with Gasteiger partial charge in [-0.25, -0.2) is 0 Å². The minimum Gasteiger partial charge on any atom is -0.394 e. The Morgan fingerprint density at radius 2 is 1.83 bits per heavy atom. The van der Waals surface area contributed by atoms with Crippen molar-refractivity contribution < 1.29 is 44.9 Å². The zero-order chi connectivity index (χ0) is 17.7. The van der Waals surface area contributed by atoms with Crippen LogP contribution in [0.2, 0.25) is 0 Å². The Kier molecular flexibility index (Phi) is 7.89. The number of aliphatic hydroxyl groups is 6. The predicted octanol–water partition coefficient (Wildman–Crippen LogP) is -5.62. The monoisotopic (exact) mass is 340 g/mol. The molecule has 11 heteroatoms. The van der Waals surface area contributed by atoms with E-state index in [9.17, 15) is 25.2 Å². The number of carbonyl (C=O) groups is 1. The number of hydrogen-bond donors (Lipinski definition) is 8. The number of hydrogen-bond acceptors (Lipinski definition) is 11. The van der Waals surface area contributed by atoms with E-state index in [4.69, 9.17) is 31.2 Å². The molecule has 0 aromatic rings. The molecule has 0 unspecified atom stereocenters. The molecular formula is C12H24N2O9. The summed E-state index contributed by atoms with van der Waals surface area (Å²) in [6.45, 7) is -1.46. The number of carbonyl (C=O) groups excluding carboxylic acids is 1. The van der Waals surface area contributed by atoms with E-state index >= 15 is 0 Å². The molecule has 0 amide bonds. The smallest absolute Gasteiger partial charge is 0.176 e. The zero-order valence-electron chi connectivity index (χ0n) is 12.3. The third-order valence-corrected chi connectivity index (χ3v) is 3.67. The van der Waals surface area contributed by atoms with Crippen molar-refractivity contribution in [2.24, 2.45) is 11.5 Å². The first-order valence-electron chi connectivity index (χ1n) is 6.99. The normalized spacial score (nSPS) is 37.0.